The minimum Gasteiger partial charge on any atom is -0.348 e. The summed E-state index contributed by atoms with van der Waals surface area (Å²) in [5.74, 6) is -0.656. The minimum absolute atomic E-state index is 0.273. The molecule has 1 aliphatic heterocycles. The second-order valence-corrected chi connectivity index (χ2v) is 7.54. The topological polar surface area (TPSA) is 78.5 Å². The highest BCUT2D eigenvalue weighted by molar-refractivity contribution is 6.31. The van der Waals surface area contributed by atoms with E-state index in [0.717, 1.165) is 36.1 Å². The van der Waals surface area contributed by atoms with Crippen LogP contribution in [0.1, 0.15) is 57.1 Å². The third-order valence-corrected chi connectivity index (χ3v) is 5.60. The van der Waals surface area contributed by atoms with Crippen LogP contribution in [0.25, 0.3) is 0 Å². The molecule has 2 aliphatic rings. The molecule has 1 aliphatic carbocycles. The molecule has 3 rings (SSSR count). The number of benzene rings is 1. The number of rotatable bonds is 4. The summed E-state index contributed by atoms with van der Waals surface area (Å²) >= 11 is 6.15. The molecular formula is C19H24ClN3O3. The van der Waals surface area contributed by atoms with E-state index in [1.807, 2.05) is 25.1 Å². The van der Waals surface area contributed by atoms with Gasteiger partial charge in [-0.05, 0) is 31.4 Å². The van der Waals surface area contributed by atoms with E-state index in [1.54, 1.807) is 6.07 Å². The first-order valence-electron chi connectivity index (χ1n) is 9.11. The Morgan fingerprint density at radius 3 is 2.54 bits per heavy atom. The monoisotopic (exact) mass is 377 g/mol. The maximum atomic E-state index is 12.8. The molecule has 0 bridgehead atoms. The first kappa shape index (κ1) is 18.7. The van der Waals surface area contributed by atoms with Gasteiger partial charge in [0.05, 0.1) is 6.04 Å². The van der Waals surface area contributed by atoms with Crippen LogP contribution in [0.4, 0.5) is 4.79 Å². The smallest absolute Gasteiger partial charge is 0.325 e. The SMILES string of the molecule is C[C@H](NC(=O)CN1C(=O)NC2(CCCCCC2)C1=O)c1ccccc1Cl. The standard InChI is InChI=1S/C19H24ClN3O3/c1-13(14-8-4-5-9-15(14)20)21-16(24)12-23-17(25)19(22-18(23)26)10-6-2-3-7-11-19/h4-5,8-9,13H,2-3,6-7,10-12H2,1H3,(H,21,24)(H,22,26)/t13-/m0/s1. The molecule has 26 heavy (non-hydrogen) atoms. The molecule has 1 aromatic carbocycles. The highest BCUT2D eigenvalue weighted by Gasteiger charge is 2.51. The molecule has 0 radical (unpaired) electrons. The average molecular weight is 378 g/mol. The predicted molar refractivity (Wildman–Crippen MR) is 98.7 cm³/mol. The zero-order chi connectivity index (χ0) is 18.7. The van der Waals surface area contributed by atoms with Crippen molar-refractivity contribution in [2.75, 3.05) is 6.54 Å². The number of carbonyl (C=O) groups is 3. The number of halogens is 1. The second-order valence-electron chi connectivity index (χ2n) is 7.13. The lowest BCUT2D eigenvalue weighted by atomic mass is 9.90. The summed E-state index contributed by atoms with van der Waals surface area (Å²) in [6.45, 7) is 1.54. The van der Waals surface area contributed by atoms with Gasteiger partial charge in [0.15, 0.2) is 0 Å². The number of hydrogen-bond donors (Lipinski definition) is 2. The largest absolute Gasteiger partial charge is 0.348 e. The maximum absolute atomic E-state index is 12.8. The van der Waals surface area contributed by atoms with Crippen molar-refractivity contribution in [3.8, 4) is 0 Å². The summed E-state index contributed by atoms with van der Waals surface area (Å²) in [6, 6.07) is 6.46. The van der Waals surface area contributed by atoms with Crippen LogP contribution >= 0.6 is 11.6 Å². The highest BCUT2D eigenvalue weighted by Crippen LogP contribution is 2.32. The number of imide groups is 1. The summed E-state index contributed by atoms with van der Waals surface area (Å²) in [4.78, 5) is 38.6. The van der Waals surface area contributed by atoms with E-state index in [2.05, 4.69) is 10.6 Å². The van der Waals surface area contributed by atoms with Gasteiger partial charge in [0.1, 0.15) is 12.1 Å². The van der Waals surface area contributed by atoms with Crippen LogP contribution in [0.2, 0.25) is 5.02 Å². The third kappa shape index (κ3) is 3.70. The Labute approximate surface area is 158 Å². The van der Waals surface area contributed by atoms with E-state index < -0.39 is 11.6 Å². The Morgan fingerprint density at radius 2 is 1.88 bits per heavy atom. The van der Waals surface area contributed by atoms with E-state index in [9.17, 15) is 14.4 Å². The van der Waals surface area contributed by atoms with Crippen LogP contribution in [-0.4, -0.2) is 34.8 Å². The molecule has 1 spiro atoms. The molecule has 7 heteroatoms. The molecule has 1 saturated heterocycles. The van der Waals surface area contributed by atoms with E-state index in [-0.39, 0.29) is 24.4 Å². The fraction of sp³-hybridized carbons (Fsp3) is 0.526. The lowest BCUT2D eigenvalue weighted by Crippen LogP contribution is -2.47. The molecule has 0 aromatic heterocycles. The fourth-order valence-corrected chi connectivity index (χ4v) is 4.12. The van der Waals surface area contributed by atoms with Gasteiger partial charge in [-0.2, -0.15) is 0 Å². The van der Waals surface area contributed by atoms with E-state index >= 15 is 0 Å². The summed E-state index contributed by atoms with van der Waals surface area (Å²) in [7, 11) is 0. The lowest BCUT2D eigenvalue weighted by Gasteiger charge is -2.24. The number of nitrogens with zero attached hydrogens (tertiary/aromatic N) is 1. The van der Waals surface area contributed by atoms with Crippen LogP contribution in [-0.2, 0) is 9.59 Å². The van der Waals surface area contributed by atoms with Crippen molar-refractivity contribution in [2.24, 2.45) is 0 Å². The van der Waals surface area contributed by atoms with Crippen molar-refractivity contribution < 1.29 is 14.4 Å². The van der Waals surface area contributed by atoms with Gasteiger partial charge in [-0.25, -0.2) is 4.79 Å². The van der Waals surface area contributed by atoms with E-state index in [4.69, 9.17) is 11.6 Å². The lowest BCUT2D eigenvalue weighted by molar-refractivity contribution is -0.135. The van der Waals surface area contributed by atoms with Crippen LogP contribution in [0.15, 0.2) is 24.3 Å². The summed E-state index contributed by atoms with van der Waals surface area (Å²) in [5.41, 5.74) is -0.0256. The van der Waals surface area contributed by atoms with Gasteiger partial charge in [0.25, 0.3) is 5.91 Å². The molecule has 0 unspecified atom stereocenters. The number of amides is 4. The summed E-state index contributed by atoms with van der Waals surface area (Å²) < 4.78 is 0. The zero-order valence-electron chi connectivity index (χ0n) is 14.9. The molecule has 6 nitrogen and oxygen atoms in total. The van der Waals surface area contributed by atoms with Gasteiger partial charge in [0.2, 0.25) is 5.91 Å². The average Bonchev–Trinajstić information content (AvgIpc) is 2.77. The molecule has 2 fully saturated rings. The Balaban J connectivity index is 1.64. The fourth-order valence-electron chi connectivity index (χ4n) is 3.83. The van der Waals surface area contributed by atoms with Gasteiger partial charge in [-0.1, -0.05) is 55.5 Å². The number of urea groups is 1. The molecule has 140 valence electrons. The Bertz CT molecular complexity index is 714. The highest BCUT2D eigenvalue weighted by atomic mass is 35.5. The Kier molecular flexibility index (Phi) is 5.51. The van der Waals surface area contributed by atoms with Crippen molar-refractivity contribution in [1.82, 2.24) is 15.5 Å². The molecule has 1 heterocycles. The number of nitrogens with one attached hydrogen (secondary N) is 2. The second kappa shape index (κ2) is 7.66. The first-order chi connectivity index (χ1) is 12.4. The van der Waals surface area contributed by atoms with E-state index in [1.165, 1.54) is 0 Å². The van der Waals surface area contributed by atoms with Gasteiger partial charge in [-0.15, -0.1) is 0 Å². The van der Waals surface area contributed by atoms with Gasteiger partial charge in [-0.3, -0.25) is 14.5 Å². The molecule has 1 saturated carbocycles. The van der Waals surface area contributed by atoms with Gasteiger partial charge < -0.3 is 10.6 Å². The van der Waals surface area contributed by atoms with Crippen molar-refractivity contribution in [2.45, 2.75) is 57.0 Å². The van der Waals surface area contributed by atoms with Crippen molar-refractivity contribution in [1.29, 1.82) is 0 Å². The van der Waals surface area contributed by atoms with Crippen molar-refractivity contribution >= 4 is 29.4 Å². The van der Waals surface area contributed by atoms with Crippen molar-refractivity contribution in [3.05, 3.63) is 34.9 Å². The van der Waals surface area contributed by atoms with Crippen molar-refractivity contribution in [3.63, 3.8) is 0 Å². The molecule has 2 N–H and O–H groups in total. The van der Waals surface area contributed by atoms with Crippen LogP contribution in [0, 0.1) is 0 Å². The van der Waals surface area contributed by atoms with Gasteiger partial charge in [0, 0.05) is 5.02 Å². The quantitative estimate of drug-likeness (QED) is 0.791. The normalized spacial score (nSPS) is 20.6. The third-order valence-electron chi connectivity index (χ3n) is 5.25. The van der Waals surface area contributed by atoms with Crippen LogP contribution < -0.4 is 10.6 Å². The molecule has 1 atom stereocenters. The van der Waals surface area contributed by atoms with Gasteiger partial charge >= 0.3 is 6.03 Å². The van der Waals surface area contributed by atoms with E-state index in [0.29, 0.717) is 17.9 Å². The minimum atomic E-state index is -0.817. The van der Waals surface area contributed by atoms with Crippen LogP contribution in [0.3, 0.4) is 0 Å². The van der Waals surface area contributed by atoms with Crippen LogP contribution in [0.5, 0.6) is 0 Å². The molecule has 4 amide bonds. The summed E-state index contributed by atoms with van der Waals surface area (Å²) in [6.07, 6.45) is 5.25. The molecule has 1 aromatic rings. The maximum Gasteiger partial charge on any atom is 0.325 e. The predicted octanol–water partition coefficient (Wildman–Crippen LogP) is 3.16. The first-order valence-corrected chi connectivity index (χ1v) is 9.49. The molecular weight excluding hydrogens is 354 g/mol. The summed E-state index contributed by atoms with van der Waals surface area (Å²) in [5, 5.41) is 6.22. The number of hydrogen-bond acceptors (Lipinski definition) is 3. The Morgan fingerprint density at radius 1 is 1.23 bits per heavy atom. The number of carbonyl (C=O) groups excluding carboxylic acids is 3. The zero-order valence-corrected chi connectivity index (χ0v) is 15.6. The Hall–Kier alpha value is -2.08.